The molecule has 2 saturated heterocycles. The van der Waals surface area contributed by atoms with E-state index in [1.807, 2.05) is 0 Å². The molecule has 2 aliphatic heterocycles. The summed E-state index contributed by atoms with van der Waals surface area (Å²) in [6.07, 6.45) is 4.22. The summed E-state index contributed by atoms with van der Waals surface area (Å²) in [5.41, 5.74) is 0. The van der Waals surface area contributed by atoms with Crippen LogP contribution >= 0.6 is 0 Å². The van der Waals surface area contributed by atoms with Crippen LogP contribution < -0.4 is 0 Å². The first-order valence-electron chi connectivity index (χ1n) is 6.18. The van der Waals surface area contributed by atoms with Crippen molar-refractivity contribution >= 4 is 0 Å². The molecule has 0 aromatic carbocycles. The minimum absolute atomic E-state index is 0.734. The lowest BCUT2D eigenvalue weighted by molar-refractivity contribution is 0.178. The molecule has 0 saturated carbocycles. The van der Waals surface area contributed by atoms with Crippen LogP contribution in [0.5, 0.6) is 0 Å². The second kappa shape index (κ2) is 4.19. The van der Waals surface area contributed by atoms with E-state index in [1.54, 1.807) is 0 Å². The van der Waals surface area contributed by atoms with E-state index in [0.29, 0.717) is 0 Å². The monoisotopic (exact) mass is 196 g/mol. The Labute approximate surface area is 88.3 Å². The smallest absolute Gasteiger partial charge is 0.0238 e. The zero-order valence-corrected chi connectivity index (χ0v) is 9.87. The van der Waals surface area contributed by atoms with E-state index in [4.69, 9.17) is 0 Å². The van der Waals surface area contributed by atoms with Crippen LogP contribution in [0.3, 0.4) is 0 Å². The molecule has 82 valence electrons. The largest absolute Gasteiger partial charge is 0.299 e. The standard InChI is InChI=1S/C12H24N2/c1-10(2)13-8-6-12(9-13)14-7-4-5-11(14)3/h10-12H,4-9H2,1-3H3. The molecule has 0 bridgehead atoms. The van der Waals surface area contributed by atoms with E-state index in [2.05, 4.69) is 30.6 Å². The molecule has 2 fully saturated rings. The predicted molar refractivity (Wildman–Crippen MR) is 60.5 cm³/mol. The first-order chi connectivity index (χ1) is 6.68. The highest BCUT2D eigenvalue weighted by Crippen LogP contribution is 2.25. The molecule has 14 heavy (non-hydrogen) atoms. The molecular formula is C12H24N2. The zero-order chi connectivity index (χ0) is 10.1. The Morgan fingerprint density at radius 2 is 1.93 bits per heavy atom. The van der Waals surface area contributed by atoms with E-state index >= 15 is 0 Å². The molecule has 2 unspecified atom stereocenters. The summed E-state index contributed by atoms with van der Waals surface area (Å²) < 4.78 is 0. The second-order valence-corrected chi connectivity index (χ2v) is 5.26. The normalized spacial score (nSPS) is 36.0. The number of likely N-dealkylation sites (tertiary alicyclic amines) is 2. The minimum Gasteiger partial charge on any atom is -0.299 e. The van der Waals surface area contributed by atoms with Gasteiger partial charge in [-0.25, -0.2) is 0 Å². The van der Waals surface area contributed by atoms with Gasteiger partial charge in [-0.2, -0.15) is 0 Å². The highest BCUT2D eigenvalue weighted by Gasteiger charge is 2.33. The van der Waals surface area contributed by atoms with Gasteiger partial charge < -0.3 is 0 Å². The van der Waals surface area contributed by atoms with Crippen LogP contribution in [-0.4, -0.2) is 47.6 Å². The Bertz CT molecular complexity index is 191. The summed E-state index contributed by atoms with van der Waals surface area (Å²) in [5.74, 6) is 0. The van der Waals surface area contributed by atoms with E-state index in [1.165, 1.54) is 38.9 Å². The van der Waals surface area contributed by atoms with E-state index in [9.17, 15) is 0 Å². The molecule has 0 aliphatic carbocycles. The summed E-state index contributed by atoms with van der Waals surface area (Å²) in [4.78, 5) is 5.36. The predicted octanol–water partition coefficient (Wildman–Crippen LogP) is 1.95. The Hall–Kier alpha value is -0.0800. The molecule has 0 aromatic rings. The fourth-order valence-electron chi connectivity index (χ4n) is 3.01. The lowest BCUT2D eigenvalue weighted by Gasteiger charge is -2.29. The number of nitrogens with zero attached hydrogens (tertiary/aromatic N) is 2. The van der Waals surface area contributed by atoms with Gasteiger partial charge in [0.15, 0.2) is 0 Å². The van der Waals surface area contributed by atoms with E-state index < -0.39 is 0 Å². The van der Waals surface area contributed by atoms with Crippen LogP contribution in [0.2, 0.25) is 0 Å². The third-order valence-corrected chi connectivity index (χ3v) is 4.00. The molecule has 0 aromatic heterocycles. The van der Waals surface area contributed by atoms with Gasteiger partial charge in [-0.3, -0.25) is 9.80 Å². The number of hydrogen-bond acceptors (Lipinski definition) is 2. The van der Waals surface area contributed by atoms with Crippen LogP contribution in [0.15, 0.2) is 0 Å². The van der Waals surface area contributed by atoms with Crippen LogP contribution in [0.25, 0.3) is 0 Å². The van der Waals surface area contributed by atoms with Gasteiger partial charge in [0.05, 0.1) is 0 Å². The molecule has 2 atom stereocenters. The van der Waals surface area contributed by atoms with Crippen LogP contribution in [-0.2, 0) is 0 Å². The Morgan fingerprint density at radius 3 is 2.43 bits per heavy atom. The third kappa shape index (κ3) is 1.96. The third-order valence-electron chi connectivity index (χ3n) is 4.00. The van der Waals surface area contributed by atoms with Crippen molar-refractivity contribution < 1.29 is 0 Å². The fourth-order valence-corrected chi connectivity index (χ4v) is 3.01. The number of hydrogen-bond donors (Lipinski definition) is 0. The topological polar surface area (TPSA) is 6.48 Å². The SMILES string of the molecule is CC(C)N1CCC(N2CCCC2C)C1. The van der Waals surface area contributed by atoms with Gasteiger partial charge in [0.1, 0.15) is 0 Å². The molecule has 2 aliphatic rings. The van der Waals surface area contributed by atoms with E-state index in [-0.39, 0.29) is 0 Å². The molecule has 0 N–H and O–H groups in total. The maximum atomic E-state index is 2.74. The lowest BCUT2D eigenvalue weighted by atomic mass is 10.2. The molecule has 0 amide bonds. The van der Waals surface area contributed by atoms with Crippen molar-refractivity contribution in [3.63, 3.8) is 0 Å². The molecular weight excluding hydrogens is 172 g/mol. The van der Waals surface area contributed by atoms with Gasteiger partial charge in [0.2, 0.25) is 0 Å². The van der Waals surface area contributed by atoms with Crippen molar-refractivity contribution in [2.45, 2.75) is 58.2 Å². The first kappa shape index (κ1) is 10.4. The van der Waals surface area contributed by atoms with Gasteiger partial charge in [-0.1, -0.05) is 0 Å². The van der Waals surface area contributed by atoms with Crippen molar-refractivity contribution in [3.05, 3.63) is 0 Å². The summed E-state index contributed by atoms with van der Waals surface area (Å²) >= 11 is 0. The maximum Gasteiger partial charge on any atom is 0.0238 e. The Balaban J connectivity index is 1.88. The second-order valence-electron chi connectivity index (χ2n) is 5.26. The molecule has 2 heteroatoms. The summed E-state index contributed by atoms with van der Waals surface area (Å²) in [5, 5.41) is 0. The molecule has 0 spiro atoms. The fraction of sp³-hybridized carbons (Fsp3) is 1.00. The Morgan fingerprint density at radius 1 is 1.14 bits per heavy atom. The average Bonchev–Trinajstić information content (AvgIpc) is 2.71. The van der Waals surface area contributed by atoms with Crippen LogP contribution in [0.1, 0.15) is 40.0 Å². The van der Waals surface area contributed by atoms with Crippen LogP contribution in [0.4, 0.5) is 0 Å². The summed E-state index contributed by atoms with van der Waals surface area (Å²) in [6.45, 7) is 11.0. The quantitative estimate of drug-likeness (QED) is 0.666. The molecule has 2 rings (SSSR count). The summed E-state index contributed by atoms with van der Waals surface area (Å²) in [6, 6.07) is 2.43. The van der Waals surface area contributed by atoms with Crippen molar-refractivity contribution in [1.29, 1.82) is 0 Å². The maximum absolute atomic E-state index is 2.74. The summed E-state index contributed by atoms with van der Waals surface area (Å²) in [7, 11) is 0. The first-order valence-corrected chi connectivity index (χ1v) is 6.18. The van der Waals surface area contributed by atoms with Gasteiger partial charge in [0, 0.05) is 31.2 Å². The lowest BCUT2D eigenvalue weighted by Crippen LogP contribution is -2.40. The zero-order valence-electron chi connectivity index (χ0n) is 9.87. The highest BCUT2D eigenvalue weighted by molar-refractivity contribution is 4.89. The van der Waals surface area contributed by atoms with Gasteiger partial charge in [-0.05, 0) is 46.6 Å². The highest BCUT2D eigenvalue weighted by atomic mass is 15.3. The van der Waals surface area contributed by atoms with Crippen molar-refractivity contribution in [1.82, 2.24) is 9.80 Å². The van der Waals surface area contributed by atoms with E-state index in [0.717, 1.165) is 18.1 Å². The van der Waals surface area contributed by atoms with Crippen molar-refractivity contribution in [3.8, 4) is 0 Å². The number of rotatable bonds is 2. The van der Waals surface area contributed by atoms with Crippen molar-refractivity contribution in [2.24, 2.45) is 0 Å². The van der Waals surface area contributed by atoms with Crippen molar-refractivity contribution in [2.75, 3.05) is 19.6 Å². The molecule has 2 heterocycles. The molecule has 0 radical (unpaired) electrons. The minimum atomic E-state index is 0.734. The Kier molecular flexibility index (Phi) is 3.13. The van der Waals surface area contributed by atoms with Crippen LogP contribution in [0, 0.1) is 0 Å². The van der Waals surface area contributed by atoms with Gasteiger partial charge in [-0.15, -0.1) is 0 Å². The average molecular weight is 196 g/mol. The molecule has 2 nitrogen and oxygen atoms in total. The van der Waals surface area contributed by atoms with Gasteiger partial charge in [0.25, 0.3) is 0 Å². The van der Waals surface area contributed by atoms with Gasteiger partial charge >= 0.3 is 0 Å².